The molecule has 2 aromatic heterocycles. The maximum Gasteiger partial charge on any atom is 0.137 e. The maximum atomic E-state index is 5.81. The highest BCUT2D eigenvalue weighted by Crippen LogP contribution is 2.25. The highest BCUT2D eigenvalue weighted by atomic mass is 32.1. The normalized spacial score (nSPS) is 10.7. The van der Waals surface area contributed by atoms with Crippen LogP contribution in [0.5, 0.6) is 0 Å². The zero-order chi connectivity index (χ0) is 14.2. The number of thiazole rings is 1. The van der Waals surface area contributed by atoms with Crippen molar-refractivity contribution >= 4 is 34.4 Å². The molecule has 2 rings (SSSR count). The Kier molecular flexibility index (Phi) is 3.86. The number of nitrogens with two attached hydrogens (primary N) is 1. The molecule has 5 nitrogen and oxygen atoms in total. The predicted molar refractivity (Wildman–Crippen MR) is 82.8 cm³/mol. The first kappa shape index (κ1) is 14.0. The van der Waals surface area contributed by atoms with E-state index in [1.54, 1.807) is 11.3 Å². The van der Waals surface area contributed by atoms with Gasteiger partial charge in [0.15, 0.2) is 0 Å². The number of aryl methyl sites for hydroxylation is 3. The van der Waals surface area contributed by atoms with E-state index in [0.717, 1.165) is 29.3 Å². The highest BCUT2D eigenvalue weighted by Gasteiger charge is 2.19. The van der Waals surface area contributed by atoms with Gasteiger partial charge >= 0.3 is 0 Å². The standard InChI is InChI=1S/C12H17N5S2/c1-7-9(19-6-14-7)5-16(3)12-10(11(13)18)8(2)15-17(12)4/h6H,5H2,1-4H3,(H2,13,18). The summed E-state index contributed by atoms with van der Waals surface area (Å²) in [5.74, 6) is 0.942. The van der Waals surface area contributed by atoms with Gasteiger partial charge in [-0.25, -0.2) is 4.98 Å². The van der Waals surface area contributed by atoms with Crippen molar-refractivity contribution in [1.29, 1.82) is 0 Å². The Balaban J connectivity index is 2.36. The molecule has 2 heterocycles. The number of anilines is 1. The molecule has 0 fully saturated rings. The van der Waals surface area contributed by atoms with Gasteiger partial charge in [-0.1, -0.05) is 12.2 Å². The van der Waals surface area contributed by atoms with Gasteiger partial charge < -0.3 is 10.6 Å². The van der Waals surface area contributed by atoms with Crippen molar-refractivity contribution in [2.24, 2.45) is 12.8 Å². The molecule has 0 bridgehead atoms. The monoisotopic (exact) mass is 295 g/mol. The first-order valence-corrected chi connectivity index (χ1v) is 7.14. The van der Waals surface area contributed by atoms with Crippen LogP contribution in [0, 0.1) is 13.8 Å². The summed E-state index contributed by atoms with van der Waals surface area (Å²) in [5.41, 5.74) is 10.4. The molecule has 2 N–H and O–H groups in total. The first-order chi connectivity index (χ1) is 8.91. The Morgan fingerprint density at radius 2 is 2.16 bits per heavy atom. The smallest absolute Gasteiger partial charge is 0.137 e. The van der Waals surface area contributed by atoms with E-state index in [2.05, 4.69) is 15.0 Å². The molecular formula is C12H17N5S2. The van der Waals surface area contributed by atoms with Gasteiger partial charge in [0, 0.05) is 19.0 Å². The third kappa shape index (κ3) is 2.62. The molecule has 102 valence electrons. The van der Waals surface area contributed by atoms with Crippen LogP contribution in [-0.4, -0.2) is 26.8 Å². The number of hydrogen-bond donors (Lipinski definition) is 1. The topological polar surface area (TPSA) is 60.0 Å². The summed E-state index contributed by atoms with van der Waals surface area (Å²) in [6.07, 6.45) is 0. The van der Waals surface area contributed by atoms with Crippen LogP contribution in [0.4, 0.5) is 5.82 Å². The summed E-state index contributed by atoms with van der Waals surface area (Å²) in [6.45, 7) is 4.71. The van der Waals surface area contributed by atoms with E-state index in [9.17, 15) is 0 Å². The van der Waals surface area contributed by atoms with Gasteiger partial charge in [0.1, 0.15) is 10.8 Å². The van der Waals surface area contributed by atoms with Crippen LogP contribution in [0.15, 0.2) is 5.51 Å². The van der Waals surface area contributed by atoms with Crippen molar-refractivity contribution in [2.75, 3.05) is 11.9 Å². The largest absolute Gasteiger partial charge is 0.389 e. The summed E-state index contributed by atoms with van der Waals surface area (Å²) < 4.78 is 1.82. The number of aromatic nitrogens is 3. The minimum Gasteiger partial charge on any atom is -0.389 e. The molecule has 7 heteroatoms. The van der Waals surface area contributed by atoms with Crippen LogP contribution in [-0.2, 0) is 13.6 Å². The fourth-order valence-electron chi connectivity index (χ4n) is 2.14. The zero-order valence-electron chi connectivity index (χ0n) is 11.5. The lowest BCUT2D eigenvalue weighted by Gasteiger charge is -2.20. The molecule has 0 saturated carbocycles. The van der Waals surface area contributed by atoms with Gasteiger partial charge in [-0.15, -0.1) is 11.3 Å². The van der Waals surface area contributed by atoms with Gasteiger partial charge in [0.05, 0.1) is 29.0 Å². The third-order valence-corrected chi connectivity index (χ3v) is 4.15. The van der Waals surface area contributed by atoms with Crippen LogP contribution in [0.3, 0.4) is 0 Å². The van der Waals surface area contributed by atoms with Crippen LogP contribution in [0.2, 0.25) is 0 Å². The fourth-order valence-corrected chi connectivity index (χ4v) is 3.21. The molecule has 0 amide bonds. The van der Waals surface area contributed by atoms with Gasteiger partial charge in [0.25, 0.3) is 0 Å². The summed E-state index contributed by atoms with van der Waals surface area (Å²) in [4.78, 5) is 7.99. The predicted octanol–water partition coefficient (Wildman–Crippen LogP) is 1.76. The van der Waals surface area contributed by atoms with Gasteiger partial charge in [-0.05, 0) is 13.8 Å². The number of hydrogen-bond acceptors (Lipinski definition) is 5. The molecule has 0 aromatic carbocycles. The van der Waals surface area contributed by atoms with Gasteiger partial charge in [0.2, 0.25) is 0 Å². The Labute approximate surface area is 122 Å². The maximum absolute atomic E-state index is 5.81. The lowest BCUT2D eigenvalue weighted by molar-refractivity contribution is 0.727. The Bertz CT molecular complexity index is 614. The summed E-state index contributed by atoms with van der Waals surface area (Å²) in [6, 6.07) is 0. The molecular weight excluding hydrogens is 278 g/mol. The van der Waals surface area contributed by atoms with Crippen LogP contribution in [0.25, 0.3) is 0 Å². The number of nitrogens with zero attached hydrogens (tertiary/aromatic N) is 4. The van der Waals surface area contributed by atoms with Crippen molar-refractivity contribution in [3.8, 4) is 0 Å². The second-order valence-electron chi connectivity index (χ2n) is 4.49. The lowest BCUT2D eigenvalue weighted by Crippen LogP contribution is -2.23. The summed E-state index contributed by atoms with van der Waals surface area (Å²) in [5, 5.41) is 4.40. The van der Waals surface area contributed by atoms with Gasteiger partial charge in [-0.2, -0.15) is 5.10 Å². The van der Waals surface area contributed by atoms with E-state index < -0.39 is 0 Å². The molecule has 0 saturated heterocycles. The second-order valence-corrected chi connectivity index (χ2v) is 5.87. The summed E-state index contributed by atoms with van der Waals surface area (Å²) in [7, 11) is 3.91. The lowest BCUT2D eigenvalue weighted by atomic mass is 10.2. The molecule has 0 aliphatic heterocycles. The van der Waals surface area contributed by atoms with E-state index in [-0.39, 0.29) is 0 Å². The van der Waals surface area contributed by atoms with Crippen molar-refractivity contribution in [3.63, 3.8) is 0 Å². The molecule has 0 radical (unpaired) electrons. The highest BCUT2D eigenvalue weighted by molar-refractivity contribution is 7.80. The van der Waals surface area contributed by atoms with E-state index in [1.807, 2.05) is 38.1 Å². The molecule has 0 spiro atoms. The van der Waals surface area contributed by atoms with E-state index in [4.69, 9.17) is 18.0 Å². The number of thiocarbonyl (C=S) groups is 1. The number of rotatable bonds is 4. The van der Waals surface area contributed by atoms with Crippen LogP contribution < -0.4 is 10.6 Å². The third-order valence-electron chi connectivity index (χ3n) is 3.03. The SMILES string of the molecule is Cc1ncsc1CN(C)c1c(C(N)=S)c(C)nn1C. The minimum atomic E-state index is 0.383. The Morgan fingerprint density at radius 3 is 2.68 bits per heavy atom. The average molecular weight is 295 g/mol. The molecule has 0 aliphatic rings. The molecule has 0 atom stereocenters. The van der Waals surface area contributed by atoms with E-state index >= 15 is 0 Å². The molecule has 0 unspecified atom stereocenters. The molecule has 0 aliphatic carbocycles. The fraction of sp³-hybridized carbons (Fsp3) is 0.417. The van der Waals surface area contributed by atoms with Crippen LogP contribution >= 0.6 is 23.6 Å². The minimum absolute atomic E-state index is 0.383. The van der Waals surface area contributed by atoms with Crippen molar-refractivity contribution in [2.45, 2.75) is 20.4 Å². The summed E-state index contributed by atoms with van der Waals surface area (Å²) >= 11 is 6.78. The van der Waals surface area contributed by atoms with E-state index in [0.29, 0.717) is 4.99 Å². The molecule has 19 heavy (non-hydrogen) atoms. The Hall–Kier alpha value is -1.47. The second kappa shape index (κ2) is 5.26. The van der Waals surface area contributed by atoms with Gasteiger partial charge in [-0.3, -0.25) is 4.68 Å². The quantitative estimate of drug-likeness (QED) is 0.871. The van der Waals surface area contributed by atoms with Crippen molar-refractivity contribution < 1.29 is 0 Å². The zero-order valence-corrected chi connectivity index (χ0v) is 13.1. The van der Waals surface area contributed by atoms with Crippen molar-refractivity contribution in [3.05, 3.63) is 27.3 Å². The van der Waals surface area contributed by atoms with Crippen LogP contribution in [0.1, 0.15) is 21.8 Å². The average Bonchev–Trinajstić information content (AvgIpc) is 2.82. The Morgan fingerprint density at radius 1 is 1.47 bits per heavy atom. The first-order valence-electron chi connectivity index (χ1n) is 5.85. The molecule has 2 aromatic rings. The van der Waals surface area contributed by atoms with E-state index in [1.165, 1.54) is 4.88 Å². The van der Waals surface area contributed by atoms with Crippen molar-refractivity contribution in [1.82, 2.24) is 14.8 Å².